The number of aliphatic hydroxyl groups is 1. The number of hydrogen-bond donors (Lipinski definition) is 2. The summed E-state index contributed by atoms with van der Waals surface area (Å²) < 4.78 is 28.7. The van der Waals surface area contributed by atoms with Crippen molar-refractivity contribution in [3.05, 3.63) is 45.9 Å². The molecular formula is C29H33F2N9O. The Bertz CT molecular complexity index is 1700. The van der Waals surface area contributed by atoms with Crippen molar-refractivity contribution in [3.63, 3.8) is 0 Å². The number of aromatic amines is 1. The number of benzene rings is 1. The van der Waals surface area contributed by atoms with Crippen LogP contribution in [0.4, 0.5) is 20.4 Å². The van der Waals surface area contributed by atoms with Crippen LogP contribution in [0.3, 0.4) is 0 Å². The fraction of sp³-hybridized carbons (Fsp3) is 0.483. The minimum atomic E-state index is -2.84. The zero-order chi connectivity index (χ0) is 29.2. The summed E-state index contributed by atoms with van der Waals surface area (Å²) in [7, 11) is 1.59. The summed E-state index contributed by atoms with van der Waals surface area (Å²) in [6.07, 6.45) is -2.14. The Balaban J connectivity index is 1.51. The lowest BCUT2D eigenvalue weighted by molar-refractivity contribution is 0.0333. The Hall–Kier alpha value is -4.11. The molecule has 0 radical (unpaired) electrons. The maximum atomic E-state index is 13.7. The maximum absolute atomic E-state index is 13.7. The molecule has 1 saturated heterocycles. The first-order chi connectivity index (χ1) is 19.5. The molecule has 41 heavy (non-hydrogen) atoms. The third kappa shape index (κ3) is 4.39. The number of hydrogen-bond acceptors (Lipinski definition) is 8. The lowest BCUT2D eigenvalue weighted by atomic mass is 9.81. The van der Waals surface area contributed by atoms with Crippen LogP contribution in [0.5, 0.6) is 0 Å². The summed E-state index contributed by atoms with van der Waals surface area (Å²) in [6, 6.07) is 5.96. The second-order valence-electron chi connectivity index (χ2n) is 11.8. The van der Waals surface area contributed by atoms with E-state index < -0.39 is 18.2 Å². The number of aryl methyl sites for hydroxylation is 3. The molecule has 0 spiro atoms. The monoisotopic (exact) mass is 561 g/mol. The van der Waals surface area contributed by atoms with E-state index in [1.54, 1.807) is 7.05 Å². The lowest BCUT2D eigenvalue weighted by Gasteiger charge is -2.43. The molecular weight excluding hydrogens is 528 g/mol. The number of aliphatic hydroxyl groups excluding tert-OH is 1. The molecule has 2 N–H and O–H groups in total. The normalized spacial score (nSPS) is 18.7. The fourth-order valence-electron chi connectivity index (χ4n) is 6.29. The standard InChI is InChI=1S/C29H33F2N9O/c1-15-6-7-20-23(16(2)35-36-20)22(15)26-33-19-8-10-39(28-17(12-32)24(25(30)31)37-38(28)5)13-18(19)27(34-26)40-11-9-21(41)29(3,4)14-40/h6-7,21,25,41H,8-11,13-14H2,1-5H3,(H,35,36). The highest BCUT2D eigenvalue weighted by Gasteiger charge is 2.38. The third-order valence-corrected chi connectivity index (χ3v) is 8.51. The summed E-state index contributed by atoms with van der Waals surface area (Å²) in [5.74, 6) is 1.75. The Morgan fingerprint density at radius 2 is 1.95 bits per heavy atom. The molecule has 10 nitrogen and oxygen atoms in total. The van der Waals surface area contributed by atoms with Crippen molar-refractivity contribution in [1.29, 1.82) is 5.26 Å². The minimum absolute atomic E-state index is 0.106. The fourth-order valence-corrected chi connectivity index (χ4v) is 6.29. The molecule has 0 amide bonds. The Morgan fingerprint density at radius 3 is 2.66 bits per heavy atom. The van der Waals surface area contributed by atoms with Gasteiger partial charge in [0, 0.05) is 67.3 Å². The van der Waals surface area contributed by atoms with E-state index in [-0.39, 0.29) is 11.0 Å². The van der Waals surface area contributed by atoms with Gasteiger partial charge in [0.15, 0.2) is 5.82 Å². The van der Waals surface area contributed by atoms with Crippen LogP contribution in [-0.4, -0.2) is 60.8 Å². The van der Waals surface area contributed by atoms with Crippen molar-refractivity contribution in [3.8, 4) is 17.5 Å². The number of nitriles is 1. The lowest BCUT2D eigenvalue weighted by Crippen LogP contribution is -2.49. The molecule has 5 heterocycles. The van der Waals surface area contributed by atoms with Crippen molar-refractivity contribution in [2.45, 2.75) is 59.6 Å². The molecule has 0 saturated carbocycles. The number of alkyl halides is 2. The first-order valence-corrected chi connectivity index (χ1v) is 13.8. The van der Waals surface area contributed by atoms with E-state index in [2.05, 4.69) is 20.2 Å². The Kier molecular flexibility index (Phi) is 6.45. The second kappa shape index (κ2) is 9.76. The molecule has 214 valence electrons. The predicted octanol–water partition coefficient (Wildman–Crippen LogP) is 4.34. The first kappa shape index (κ1) is 27.1. The molecule has 4 aromatic rings. The first-order valence-electron chi connectivity index (χ1n) is 13.8. The number of piperidine rings is 1. The van der Waals surface area contributed by atoms with Gasteiger partial charge in [0.25, 0.3) is 6.43 Å². The zero-order valence-electron chi connectivity index (χ0n) is 23.8. The van der Waals surface area contributed by atoms with E-state index in [1.807, 2.05) is 50.8 Å². The van der Waals surface area contributed by atoms with Crippen LogP contribution >= 0.6 is 0 Å². The van der Waals surface area contributed by atoms with E-state index in [0.29, 0.717) is 50.7 Å². The molecule has 1 unspecified atom stereocenters. The maximum Gasteiger partial charge on any atom is 0.283 e. The molecule has 1 aromatic carbocycles. The van der Waals surface area contributed by atoms with Gasteiger partial charge in [-0.15, -0.1) is 0 Å². The molecule has 6 rings (SSSR count). The Labute approximate surface area is 236 Å². The van der Waals surface area contributed by atoms with Gasteiger partial charge in [-0.25, -0.2) is 18.7 Å². The zero-order valence-corrected chi connectivity index (χ0v) is 23.8. The van der Waals surface area contributed by atoms with Crippen LogP contribution < -0.4 is 9.80 Å². The molecule has 0 aliphatic carbocycles. The molecule has 2 aliphatic rings. The van der Waals surface area contributed by atoms with Crippen LogP contribution in [-0.2, 0) is 20.0 Å². The number of H-pyrrole nitrogens is 1. The third-order valence-electron chi connectivity index (χ3n) is 8.51. The summed E-state index contributed by atoms with van der Waals surface area (Å²) >= 11 is 0. The van der Waals surface area contributed by atoms with Crippen LogP contribution in [0, 0.1) is 30.6 Å². The Morgan fingerprint density at radius 1 is 1.17 bits per heavy atom. The van der Waals surface area contributed by atoms with Gasteiger partial charge >= 0.3 is 0 Å². The number of nitrogens with zero attached hydrogens (tertiary/aromatic N) is 8. The summed E-state index contributed by atoms with van der Waals surface area (Å²) in [5.41, 5.74) is 4.55. The SMILES string of the molecule is Cc1ccc2n[nH]c(C)c2c1-c1nc2c(c(N3CCC(O)C(C)(C)C3)n1)CN(c1c(C#N)c(C(F)F)nn1C)CC2. The van der Waals surface area contributed by atoms with E-state index in [0.717, 1.165) is 44.8 Å². The molecule has 3 aromatic heterocycles. The van der Waals surface area contributed by atoms with Gasteiger partial charge in [-0.1, -0.05) is 19.9 Å². The highest BCUT2D eigenvalue weighted by molar-refractivity contribution is 5.96. The van der Waals surface area contributed by atoms with Crippen LogP contribution in [0.15, 0.2) is 12.1 Å². The molecule has 1 atom stereocenters. The van der Waals surface area contributed by atoms with Crippen molar-refractivity contribution in [2.24, 2.45) is 12.5 Å². The van der Waals surface area contributed by atoms with Gasteiger partial charge in [0.2, 0.25) is 0 Å². The van der Waals surface area contributed by atoms with E-state index >= 15 is 0 Å². The van der Waals surface area contributed by atoms with Crippen molar-refractivity contribution in [2.75, 3.05) is 29.4 Å². The molecule has 0 bridgehead atoms. The average Bonchev–Trinajstić information content (AvgIpc) is 3.48. The van der Waals surface area contributed by atoms with Crippen molar-refractivity contribution in [1.82, 2.24) is 29.9 Å². The van der Waals surface area contributed by atoms with Gasteiger partial charge in [-0.3, -0.25) is 9.78 Å². The van der Waals surface area contributed by atoms with Gasteiger partial charge in [0.05, 0.1) is 17.3 Å². The summed E-state index contributed by atoms with van der Waals surface area (Å²) in [6.45, 7) is 10.2. The highest BCUT2D eigenvalue weighted by Crippen LogP contribution is 2.40. The number of nitrogens with one attached hydrogen (secondary N) is 1. The summed E-state index contributed by atoms with van der Waals surface area (Å²) in [5, 5.41) is 32.9. The summed E-state index contributed by atoms with van der Waals surface area (Å²) in [4.78, 5) is 14.4. The highest BCUT2D eigenvalue weighted by atomic mass is 19.3. The van der Waals surface area contributed by atoms with E-state index in [1.165, 1.54) is 4.68 Å². The second-order valence-corrected chi connectivity index (χ2v) is 11.8. The molecule has 2 aliphatic heterocycles. The smallest absolute Gasteiger partial charge is 0.283 e. The number of rotatable bonds is 4. The van der Waals surface area contributed by atoms with Crippen molar-refractivity contribution < 1.29 is 13.9 Å². The predicted molar refractivity (Wildman–Crippen MR) is 151 cm³/mol. The van der Waals surface area contributed by atoms with Gasteiger partial charge in [-0.2, -0.15) is 15.5 Å². The quantitative estimate of drug-likeness (QED) is 0.377. The molecule has 1 fully saturated rings. The number of anilines is 2. The van der Waals surface area contributed by atoms with Gasteiger partial charge in [0.1, 0.15) is 29.0 Å². The molecule has 12 heteroatoms. The van der Waals surface area contributed by atoms with E-state index in [9.17, 15) is 19.1 Å². The van der Waals surface area contributed by atoms with Crippen LogP contribution in [0.2, 0.25) is 0 Å². The van der Waals surface area contributed by atoms with E-state index in [4.69, 9.17) is 9.97 Å². The largest absolute Gasteiger partial charge is 0.392 e. The topological polar surface area (TPSA) is 123 Å². The average molecular weight is 562 g/mol. The van der Waals surface area contributed by atoms with Gasteiger partial charge < -0.3 is 14.9 Å². The number of halogens is 2. The number of aromatic nitrogens is 6. The van der Waals surface area contributed by atoms with Crippen molar-refractivity contribution >= 4 is 22.5 Å². The minimum Gasteiger partial charge on any atom is -0.392 e. The van der Waals surface area contributed by atoms with Crippen LogP contribution in [0.25, 0.3) is 22.3 Å². The number of fused-ring (bicyclic) bond motifs is 2. The van der Waals surface area contributed by atoms with Crippen LogP contribution in [0.1, 0.15) is 60.5 Å². The van der Waals surface area contributed by atoms with Gasteiger partial charge in [-0.05, 0) is 31.9 Å².